The van der Waals surface area contributed by atoms with Crippen molar-refractivity contribution in [1.82, 2.24) is 4.90 Å². The number of rotatable bonds is 7. The molecular weight excluding hydrogens is 246 g/mol. The van der Waals surface area contributed by atoms with Crippen molar-refractivity contribution in [3.8, 4) is 0 Å². The van der Waals surface area contributed by atoms with Gasteiger partial charge in [-0.1, -0.05) is 12.1 Å². The van der Waals surface area contributed by atoms with Gasteiger partial charge in [0.15, 0.2) is 0 Å². The van der Waals surface area contributed by atoms with Crippen molar-refractivity contribution in [2.75, 3.05) is 20.7 Å². The van der Waals surface area contributed by atoms with Crippen molar-refractivity contribution >= 4 is 11.9 Å². The number of carbonyl (C=O) groups is 2. The first-order chi connectivity index (χ1) is 9.04. The molecule has 19 heavy (non-hydrogen) atoms. The van der Waals surface area contributed by atoms with Gasteiger partial charge in [0, 0.05) is 32.7 Å². The molecule has 0 radical (unpaired) electrons. The number of nitrogens with zero attached hydrogens (tertiary/aromatic N) is 1. The number of carboxylic acids is 1. The fourth-order valence-corrected chi connectivity index (χ4v) is 1.70. The molecule has 0 aliphatic carbocycles. The van der Waals surface area contributed by atoms with Gasteiger partial charge < -0.3 is 14.7 Å². The first kappa shape index (κ1) is 15.2. The number of ether oxygens (including phenoxy) is 1. The van der Waals surface area contributed by atoms with Gasteiger partial charge in [-0.25, -0.2) is 0 Å². The summed E-state index contributed by atoms with van der Waals surface area (Å²) in [6.45, 7) is 0.952. The quantitative estimate of drug-likeness (QED) is 0.816. The Bertz CT molecular complexity index is 428. The molecule has 0 atom stereocenters. The number of carbonyl (C=O) groups excluding carboxylic acids is 1. The minimum Gasteiger partial charge on any atom is -0.481 e. The maximum absolute atomic E-state index is 12.0. The largest absolute Gasteiger partial charge is 0.481 e. The summed E-state index contributed by atoms with van der Waals surface area (Å²) in [5, 5.41) is 8.55. The van der Waals surface area contributed by atoms with E-state index in [-0.39, 0.29) is 12.3 Å². The van der Waals surface area contributed by atoms with Crippen LogP contribution in [-0.4, -0.2) is 42.6 Å². The van der Waals surface area contributed by atoms with Crippen LogP contribution in [0.2, 0.25) is 0 Å². The lowest BCUT2D eigenvalue weighted by Gasteiger charge is -2.16. The zero-order chi connectivity index (χ0) is 14.3. The minimum absolute atomic E-state index is 0.0738. The highest BCUT2D eigenvalue weighted by Crippen LogP contribution is 2.08. The third-order valence-corrected chi connectivity index (χ3v) is 2.74. The summed E-state index contributed by atoms with van der Waals surface area (Å²) in [5.74, 6) is -0.945. The Morgan fingerprint density at radius 3 is 2.42 bits per heavy atom. The summed E-state index contributed by atoms with van der Waals surface area (Å²) in [7, 11) is 3.29. The van der Waals surface area contributed by atoms with Crippen molar-refractivity contribution in [2.24, 2.45) is 0 Å². The van der Waals surface area contributed by atoms with Crippen LogP contribution in [0.3, 0.4) is 0 Å². The second kappa shape index (κ2) is 7.53. The summed E-state index contributed by atoms with van der Waals surface area (Å²) in [6, 6.07) is 7.21. The van der Waals surface area contributed by atoms with Crippen LogP contribution in [0.5, 0.6) is 0 Å². The zero-order valence-electron chi connectivity index (χ0n) is 11.3. The van der Waals surface area contributed by atoms with Gasteiger partial charge >= 0.3 is 5.97 Å². The van der Waals surface area contributed by atoms with Crippen molar-refractivity contribution < 1.29 is 19.4 Å². The SMILES string of the molecule is COCc1ccc(C(=O)N(C)CCCC(=O)O)cc1. The number of amides is 1. The smallest absolute Gasteiger partial charge is 0.303 e. The van der Waals surface area contributed by atoms with Gasteiger partial charge in [-0.05, 0) is 24.1 Å². The maximum atomic E-state index is 12.0. The van der Waals surface area contributed by atoms with Gasteiger partial charge in [0.05, 0.1) is 6.61 Å². The monoisotopic (exact) mass is 265 g/mol. The molecule has 0 spiro atoms. The van der Waals surface area contributed by atoms with Gasteiger partial charge in [0.25, 0.3) is 5.91 Å². The number of hydrogen-bond donors (Lipinski definition) is 1. The molecule has 0 bridgehead atoms. The molecule has 5 heteroatoms. The molecule has 0 aliphatic rings. The summed E-state index contributed by atoms with van der Waals surface area (Å²) in [4.78, 5) is 24.0. The Hall–Kier alpha value is -1.88. The van der Waals surface area contributed by atoms with Crippen LogP contribution in [-0.2, 0) is 16.1 Å². The number of carboxylic acid groups (broad SMARTS) is 1. The minimum atomic E-state index is -0.843. The van der Waals surface area contributed by atoms with Crippen LogP contribution in [0.4, 0.5) is 0 Å². The van der Waals surface area contributed by atoms with Gasteiger partial charge in [0.2, 0.25) is 0 Å². The van der Waals surface area contributed by atoms with E-state index >= 15 is 0 Å². The lowest BCUT2D eigenvalue weighted by molar-refractivity contribution is -0.137. The normalized spacial score (nSPS) is 10.2. The number of benzene rings is 1. The Morgan fingerprint density at radius 2 is 1.89 bits per heavy atom. The van der Waals surface area contributed by atoms with Gasteiger partial charge in [-0.15, -0.1) is 0 Å². The summed E-state index contributed by atoms with van der Waals surface area (Å²) >= 11 is 0. The van der Waals surface area contributed by atoms with E-state index in [1.54, 1.807) is 26.3 Å². The molecule has 0 heterocycles. The first-order valence-electron chi connectivity index (χ1n) is 6.09. The van der Waals surface area contributed by atoms with Gasteiger partial charge in [-0.2, -0.15) is 0 Å². The lowest BCUT2D eigenvalue weighted by atomic mass is 10.1. The van der Waals surface area contributed by atoms with Crippen molar-refractivity contribution in [3.05, 3.63) is 35.4 Å². The molecule has 0 fully saturated rings. The van der Waals surface area contributed by atoms with Crippen LogP contribution >= 0.6 is 0 Å². The Balaban J connectivity index is 2.53. The van der Waals surface area contributed by atoms with Gasteiger partial charge in [0.1, 0.15) is 0 Å². The molecule has 1 aromatic carbocycles. The highest BCUT2D eigenvalue weighted by atomic mass is 16.5. The third kappa shape index (κ3) is 5.09. The summed E-state index contributed by atoms with van der Waals surface area (Å²) in [5.41, 5.74) is 1.60. The van der Waals surface area contributed by atoms with E-state index in [2.05, 4.69) is 0 Å². The molecule has 104 valence electrons. The van der Waals surface area contributed by atoms with E-state index < -0.39 is 5.97 Å². The highest BCUT2D eigenvalue weighted by molar-refractivity contribution is 5.94. The van der Waals surface area contributed by atoms with Crippen molar-refractivity contribution in [3.63, 3.8) is 0 Å². The molecule has 1 aromatic rings. The molecule has 5 nitrogen and oxygen atoms in total. The first-order valence-corrected chi connectivity index (χ1v) is 6.09. The van der Waals surface area contributed by atoms with E-state index in [1.165, 1.54) is 4.90 Å². The predicted molar refractivity (Wildman–Crippen MR) is 71.0 cm³/mol. The number of hydrogen-bond acceptors (Lipinski definition) is 3. The average Bonchev–Trinajstić information content (AvgIpc) is 2.38. The van der Waals surface area contributed by atoms with E-state index in [1.807, 2.05) is 12.1 Å². The van der Waals surface area contributed by atoms with Crippen molar-refractivity contribution in [1.29, 1.82) is 0 Å². The summed E-state index contributed by atoms with van der Waals surface area (Å²) < 4.78 is 5.00. The molecule has 0 saturated heterocycles. The molecule has 0 unspecified atom stereocenters. The summed E-state index contributed by atoms with van der Waals surface area (Å²) in [6.07, 6.45) is 0.531. The standard InChI is InChI=1S/C14H19NO4/c1-15(9-3-4-13(16)17)14(18)12-7-5-11(6-8-12)10-19-2/h5-8H,3-4,9-10H2,1-2H3,(H,16,17). The Kier molecular flexibility index (Phi) is 6.02. The number of methoxy groups -OCH3 is 1. The molecular formula is C14H19NO4. The van der Waals surface area contributed by atoms with E-state index in [4.69, 9.17) is 9.84 Å². The molecule has 0 saturated carbocycles. The zero-order valence-corrected chi connectivity index (χ0v) is 11.3. The Morgan fingerprint density at radius 1 is 1.26 bits per heavy atom. The fourth-order valence-electron chi connectivity index (χ4n) is 1.70. The van der Waals surface area contributed by atoms with E-state index in [0.29, 0.717) is 25.1 Å². The maximum Gasteiger partial charge on any atom is 0.303 e. The van der Waals surface area contributed by atoms with Crippen molar-refractivity contribution in [2.45, 2.75) is 19.4 Å². The number of aliphatic carboxylic acids is 1. The van der Waals surface area contributed by atoms with Crippen LogP contribution in [0.15, 0.2) is 24.3 Å². The molecule has 1 N–H and O–H groups in total. The second-order valence-corrected chi connectivity index (χ2v) is 4.35. The molecule has 1 rings (SSSR count). The average molecular weight is 265 g/mol. The second-order valence-electron chi connectivity index (χ2n) is 4.35. The van der Waals surface area contributed by atoms with E-state index in [0.717, 1.165) is 5.56 Å². The van der Waals surface area contributed by atoms with E-state index in [9.17, 15) is 9.59 Å². The highest BCUT2D eigenvalue weighted by Gasteiger charge is 2.11. The third-order valence-electron chi connectivity index (χ3n) is 2.74. The van der Waals surface area contributed by atoms with Crippen LogP contribution in [0.25, 0.3) is 0 Å². The van der Waals surface area contributed by atoms with Crippen LogP contribution < -0.4 is 0 Å². The topological polar surface area (TPSA) is 66.8 Å². The molecule has 0 aliphatic heterocycles. The predicted octanol–water partition coefficient (Wildman–Crippen LogP) is 1.77. The molecule has 0 aromatic heterocycles. The fraction of sp³-hybridized carbons (Fsp3) is 0.429. The van der Waals surface area contributed by atoms with Crippen LogP contribution in [0, 0.1) is 0 Å². The van der Waals surface area contributed by atoms with Gasteiger partial charge in [-0.3, -0.25) is 9.59 Å². The lowest BCUT2D eigenvalue weighted by Crippen LogP contribution is -2.28. The Labute approximate surface area is 112 Å². The molecule has 1 amide bonds. The van der Waals surface area contributed by atoms with Crippen LogP contribution in [0.1, 0.15) is 28.8 Å².